The summed E-state index contributed by atoms with van der Waals surface area (Å²) >= 11 is 0. The Morgan fingerprint density at radius 3 is 2.80 bits per heavy atom. The third kappa shape index (κ3) is 6.64. The summed E-state index contributed by atoms with van der Waals surface area (Å²) in [5, 5.41) is 0. The number of benzene rings is 1. The van der Waals surface area contributed by atoms with Gasteiger partial charge in [0.2, 0.25) is 0 Å². The summed E-state index contributed by atoms with van der Waals surface area (Å²) in [6, 6.07) is 8.19. The van der Waals surface area contributed by atoms with Gasteiger partial charge in [0.1, 0.15) is 29.0 Å². The molecule has 13 heteroatoms. The summed E-state index contributed by atoms with van der Waals surface area (Å²) in [7, 11) is -2.71. The van der Waals surface area contributed by atoms with E-state index in [1.54, 1.807) is 28.8 Å². The highest BCUT2D eigenvalue weighted by Crippen LogP contribution is 2.41. The lowest BCUT2D eigenvalue weighted by Crippen LogP contribution is -2.43. The second-order valence-corrected chi connectivity index (χ2v) is 12.0. The van der Waals surface area contributed by atoms with Gasteiger partial charge in [-0.25, -0.2) is 14.1 Å². The number of hydrogen-bond acceptors (Lipinski definition) is 8. The van der Waals surface area contributed by atoms with Crippen molar-refractivity contribution in [3.63, 3.8) is 0 Å². The van der Waals surface area contributed by atoms with Gasteiger partial charge in [0.15, 0.2) is 0 Å². The monoisotopic (exact) mass is 589 g/mol. The molecule has 222 valence electrons. The molecule has 2 aliphatic rings. The lowest BCUT2D eigenvalue weighted by molar-refractivity contribution is 0.0250. The smallest absolute Gasteiger partial charge is 0.303 e. The predicted molar refractivity (Wildman–Crippen MR) is 151 cm³/mol. The van der Waals surface area contributed by atoms with Crippen molar-refractivity contribution in [1.82, 2.24) is 18.4 Å². The molecule has 11 nitrogen and oxygen atoms in total. The predicted octanol–water partition coefficient (Wildman–Crippen LogP) is 3.32. The zero-order valence-electron chi connectivity index (χ0n) is 23.3. The summed E-state index contributed by atoms with van der Waals surface area (Å²) in [6.07, 6.45) is 6.38. The minimum Gasteiger partial charge on any atom is -0.490 e. The first-order chi connectivity index (χ1) is 19.8. The summed E-state index contributed by atoms with van der Waals surface area (Å²) in [5.41, 5.74) is 2.14. The first kappa shape index (κ1) is 29.2. The van der Waals surface area contributed by atoms with Crippen molar-refractivity contribution in [2.45, 2.75) is 44.8 Å². The molecule has 2 fully saturated rings. The molecule has 1 atom stereocenters. The van der Waals surface area contributed by atoms with Crippen molar-refractivity contribution in [1.29, 1.82) is 0 Å². The average molecular weight is 590 g/mol. The first-order valence-electron chi connectivity index (χ1n) is 13.9. The molecule has 0 unspecified atom stereocenters. The van der Waals surface area contributed by atoms with Gasteiger partial charge in [-0.2, -0.15) is 12.7 Å². The number of rotatable bonds is 11. The van der Waals surface area contributed by atoms with Gasteiger partial charge < -0.3 is 19.1 Å². The summed E-state index contributed by atoms with van der Waals surface area (Å²) in [4.78, 5) is 19.5. The van der Waals surface area contributed by atoms with E-state index in [1.165, 1.54) is 19.3 Å². The standard InChI is InChI=1S/C28H36FN5O6S/c1-3-38-16-13-32(2)41(36,37)31-28(35)25-18-30-27-9-7-21(19-34(25)27)33-12-4-5-24(33)23-17-20(29)6-8-26(23)40-22-10-14-39-15-11-22/h6-9,17-19,22,24H,3-5,10-16H2,1-2H3,(H,31,35)/t24-/m1/s1. The molecule has 0 bridgehead atoms. The maximum atomic E-state index is 14.5. The number of aromatic nitrogens is 2. The highest BCUT2D eigenvalue weighted by molar-refractivity contribution is 7.87. The van der Waals surface area contributed by atoms with Crippen molar-refractivity contribution >= 4 is 27.5 Å². The Kier molecular flexibility index (Phi) is 9.07. The molecule has 5 rings (SSSR count). The number of ether oxygens (including phenoxy) is 3. The van der Waals surface area contributed by atoms with Crippen LogP contribution in [0.4, 0.5) is 10.1 Å². The number of likely N-dealkylation sites (N-methyl/N-ethyl adjacent to an activating group) is 1. The zero-order valence-corrected chi connectivity index (χ0v) is 24.1. The van der Waals surface area contributed by atoms with Gasteiger partial charge in [-0.05, 0) is 50.1 Å². The van der Waals surface area contributed by atoms with Gasteiger partial charge in [-0.15, -0.1) is 0 Å². The van der Waals surface area contributed by atoms with Crippen LogP contribution in [0.2, 0.25) is 0 Å². The topological polar surface area (TPSA) is 115 Å². The Hall–Kier alpha value is -3.26. The quantitative estimate of drug-likeness (QED) is 0.339. The first-order valence-corrected chi connectivity index (χ1v) is 15.3. The van der Waals surface area contributed by atoms with E-state index in [0.29, 0.717) is 31.2 Å². The Morgan fingerprint density at radius 2 is 2.02 bits per heavy atom. The number of nitrogens with one attached hydrogen (secondary N) is 1. The SMILES string of the molecule is CCOCCN(C)S(=O)(=O)NC(=O)c1cnc2ccc(N3CCC[C@@H]3c3cc(F)ccc3OC3CCOCC3)cn12. The fourth-order valence-corrected chi connectivity index (χ4v) is 6.08. The molecule has 0 radical (unpaired) electrons. The van der Waals surface area contributed by atoms with Crippen molar-refractivity contribution in [3.8, 4) is 5.75 Å². The molecule has 1 N–H and O–H groups in total. The highest BCUT2D eigenvalue weighted by atomic mass is 32.2. The third-order valence-electron chi connectivity index (χ3n) is 7.49. The van der Waals surface area contributed by atoms with Gasteiger partial charge >= 0.3 is 10.2 Å². The normalized spacial score (nSPS) is 18.3. The van der Waals surface area contributed by atoms with Crippen LogP contribution in [0.3, 0.4) is 0 Å². The largest absolute Gasteiger partial charge is 0.490 e. The van der Waals surface area contributed by atoms with Gasteiger partial charge in [0.05, 0.1) is 37.7 Å². The number of imidazole rings is 1. The maximum Gasteiger partial charge on any atom is 0.303 e. The minimum absolute atomic E-state index is 0.0145. The van der Waals surface area contributed by atoms with E-state index in [1.807, 2.05) is 13.0 Å². The van der Waals surface area contributed by atoms with Gasteiger partial charge in [0.25, 0.3) is 5.91 Å². The highest BCUT2D eigenvalue weighted by Gasteiger charge is 2.31. The van der Waals surface area contributed by atoms with Gasteiger partial charge in [0, 0.05) is 51.3 Å². The minimum atomic E-state index is -4.08. The Bertz CT molecular complexity index is 1480. The molecule has 4 heterocycles. The van der Waals surface area contributed by atoms with Crippen molar-refractivity contribution in [2.24, 2.45) is 0 Å². The number of fused-ring (bicyclic) bond motifs is 1. The molecular formula is C28H36FN5O6S. The second kappa shape index (κ2) is 12.7. The molecule has 2 aliphatic heterocycles. The fourth-order valence-electron chi connectivity index (χ4n) is 5.27. The number of hydrogen-bond donors (Lipinski definition) is 1. The van der Waals surface area contributed by atoms with E-state index < -0.39 is 16.1 Å². The lowest BCUT2D eigenvalue weighted by atomic mass is 10.0. The van der Waals surface area contributed by atoms with Gasteiger partial charge in [-0.1, -0.05) is 0 Å². The second-order valence-electron chi connectivity index (χ2n) is 10.2. The van der Waals surface area contributed by atoms with Crippen LogP contribution in [0, 0.1) is 5.82 Å². The average Bonchev–Trinajstić information content (AvgIpc) is 3.62. The van der Waals surface area contributed by atoms with E-state index in [4.69, 9.17) is 14.2 Å². The molecule has 0 saturated carbocycles. The van der Waals surface area contributed by atoms with Crippen LogP contribution in [0.5, 0.6) is 5.75 Å². The number of pyridine rings is 1. The van der Waals surface area contributed by atoms with Crippen LogP contribution < -0.4 is 14.4 Å². The zero-order chi connectivity index (χ0) is 29.0. The van der Waals surface area contributed by atoms with Crippen LogP contribution in [0.1, 0.15) is 54.7 Å². The Labute approximate surface area is 239 Å². The molecule has 41 heavy (non-hydrogen) atoms. The molecular weight excluding hydrogens is 553 g/mol. The van der Waals surface area contributed by atoms with E-state index >= 15 is 0 Å². The number of carbonyl (C=O) groups excluding carboxylic acids is 1. The van der Waals surface area contributed by atoms with Crippen LogP contribution in [0.25, 0.3) is 5.65 Å². The third-order valence-corrected chi connectivity index (χ3v) is 8.93. The number of amides is 1. The Morgan fingerprint density at radius 1 is 1.22 bits per heavy atom. The molecule has 0 aliphatic carbocycles. The van der Waals surface area contributed by atoms with Gasteiger partial charge in [-0.3, -0.25) is 9.20 Å². The van der Waals surface area contributed by atoms with Crippen molar-refractivity contribution in [3.05, 3.63) is 59.8 Å². The van der Waals surface area contributed by atoms with Crippen LogP contribution in [0.15, 0.2) is 42.7 Å². The summed E-state index contributed by atoms with van der Waals surface area (Å²) in [5.74, 6) is -0.464. The van der Waals surface area contributed by atoms with E-state index in [9.17, 15) is 17.6 Å². The molecule has 2 aromatic heterocycles. The van der Waals surface area contributed by atoms with Crippen molar-refractivity contribution < 1.29 is 31.8 Å². The Balaban J connectivity index is 1.39. The fraction of sp³-hybridized carbons (Fsp3) is 0.500. The van der Waals surface area contributed by atoms with Crippen LogP contribution >= 0.6 is 0 Å². The lowest BCUT2D eigenvalue weighted by Gasteiger charge is -2.30. The maximum absolute atomic E-state index is 14.5. The van der Waals surface area contributed by atoms with Crippen molar-refractivity contribution in [2.75, 3.05) is 51.5 Å². The van der Waals surface area contributed by atoms with Crippen LogP contribution in [-0.2, 0) is 19.7 Å². The number of halogens is 1. The molecule has 3 aromatic rings. The summed E-state index contributed by atoms with van der Waals surface area (Å²) < 4.78 is 61.6. The molecule has 0 spiro atoms. The summed E-state index contributed by atoms with van der Waals surface area (Å²) in [6.45, 7) is 4.60. The molecule has 1 amide bonds. The van der Waals surface area contributed by atoms with E-state index in [2.05, 4.69) is 14.6 Å². The van der Waals surface area contributed by atoms with E-state index in [0.717, 1.165) is 47.8 Å². The molecule has 2 saturated heterocycles. The number of nitrogens with zero attached hydrogens (tertiary/aromatic N) is 4. The number of anilines is 1. The number of carbonyl (C=O) groups is 1. The van der Waals surface area contributed by atoms with E-state index in [-0.39, 0.29) is 36.8 Å². The van der Waals surface area contributed by atoms with Crippen LogP contribution in [-0.4, -0.2) is 80.7 Å². The molecule has 1 aromatic carbocycles.